The second-order valence-electron chi connectivity index (χ2n) is 6.55. The standard InChI is InChI=1S/C16H25NO2/c1-15(2,3)13-8-6-12(7-9-13)10-11-17-16(4,5)14(18)19/h6-9,17H,10-11H2,1-5H3,(H,18,19). The van der Waals surface area contributed by atoms with E-state index in [0.717, 1.165) is 6.42 Å². The summed E-state index contributed by atoms with van der Waals surface area (Å²) in [5.74, 6) is -0.824. The molecule has 0 amide bonds. The molecule has 1 rings (SSSR count). The van der Waals surface area contributed by atoms with Gasteiger partial charge in [-0.15, -0.1) is 0 Å². The van der Waals surface area contributed by atoms with E-state index < -0.39 is 11.5 Å². The van der Waals surface area contributed by atoms with Gasteiger partial charge in [0.1, 0.15) is 5.54 Å². The Morgan fingerprint density at radius 1 is 1.11 bits per heavy atom. The number of hydrogen-bond donors (Lipinski definition) is 2. The Hall–Kier alpha value is -1.35. The van der Waals surface area contributed by atoms with Crippen LogP contribution in [0.2, 0.25) is 0 Å². The zero-order valence-corrected chi connectivity index (χ0v) is 12.6. The molecule has 0 aliphatic rings. The fourth-order valence-electron chi connectivity index (χ4n) is 1.77. The van der Waals surface area contributed by atoms with Gasteiger partial charge < -0.3 is 10.4 Å². The van der Waals surface area contributed by atoms with Crippen LogP contribution in [0, 0.1) is 0 Å². The molecule has 0 unspecified atom stereocenters. The third kappa shape index (κ3) is 4.67. The molecule has 1 aromatic carbocycles. The Balaban J connectivity index is 2.54. The van der Waals surface area contributed by atoms with E-state index in [4.69, 9.17) is 5.11 Å². The number of carbonyl (C=O) groups is 1. The second-order valence-corrected chi connectivity index (χ2v) is 6.55. The summed E-state index contributed by atoms with van der Waals surface area (Å²) in [5, 5.41) is 12.1. The molecule has 19 heavy (non-hydrogen) atoms. The van der Waals surface area contributed by atoms with Gasteiger partial charge in [0.15, 0.2) is 0 Å². The lowest BCUT2D eigenvalue weighted by Gasteiger charge is -2.21. The number of carboxylic acids is 1. The molecule has 106 valence electrons. The van der Waals surface area contributed by atoms with Gasteiger partial charge in [0, 0.05) is 6.54 Å². The number of benzene rings is 1. The van der Waals surface area contributed by atoms with Gasteiger partial charge in [0.05, 0.1) is 0 Å². The molecule has 3 heteroatoms. The minimum absolute atomic E-state index is 0.169. The number of hydrogen-bond acceptors (Lipinski definition) is 2. The van der Waals surface area contributed by atoms with Crippen molar-refractivity contribution in [2.75, 3.05) is 6.54 Å². The maximum absolute atomic E-state index is 11.0. The molecule has 1 aromatic rings. The molecule has 0 saturated carbocycles. The maximum atomic E-state index is 11.0. The quantitative estimate of drug-likeness (QED) is 0.858. The van der Waals surface area contributed by atoms with Crippen LogP contribution in [-0.2, 0) is 16.6 Å². The molecule has 0 spiro atoms. The van der Waals surface area contributed by atoms with E-state index in [9.17, 15) is 4.79 Å². The van der Waals surface area contributed by atoms with Crippen LogP contribution in [0.4, 0.5) is 0 Å². The number of nitrogens with one attached hydrogen (secondary N) is 1. The highest BCUT2D eigenvalue weighted by Crippen LogP contribution is 2.22. The van der Waals surface area contributed by atoms with Gasteiger partial charge in [-0.2, -0.15) is 0 Å². The van der Waals surface area contributed by atoms with Crippen molar-refractivity contribution in [3.05, 3.63) is 35.4 Å². The first-order valence-corrected chi connectivity index (χ1v) is 6.71. The van der Waals surface area contributed by atoms with Crippen LogP contribution in [0.1, 0.15) is 45.7 Å². The third-order valence-corrected chi connectivity index (χ3v) is 3.34. The normalized spacial score (nSPS) is 12.5. The van der Waals surface area contributed by atoms with E-state index in [0.29, 0.717) is 6.54 Å². The Morgan fingerprint density at radius 3 is 2.05 bits per heavy atom. The number of rotatable bonds is 5. The van der Waals surface area contributed by atoms with Crippen molar-refractivity contribution in [2.45, 2.75) is 52.0 Å². The van der Waals surface area contributed by atoms with Crippen LogP contribution in [0.5, 0.6) is 0 Å². The van der Waals surface area contributed by atoms with Crippen molar-refractivity contribution in [1.82, 2.24) is 5.32 Å². The molecule has 0 radical (unpaired) electrons. The second kappa shape index (κ2) is 5.74. The summed E-state index contributed by atoms with van der Waals surface area (Å²) in [7, 11) is 0. The van der Waals surface area contributed by atoms with Gasteiger partial charge in [-0.25, -0.2) is 0 Å². The molecular weight excluding hydrogens is 238 g/mol. The van der Waals surface area contributed by atoms with Crippen LogP contribution in [0.25, 0.3) is 0 Å². The van der Waals surface area contributed by atoms with E-state index in [1.807, 2.05) is 0 Å². The van der Waals surface area contributed by atoms with Crippen molar-refractivity contribution in [1.29, 1.82) is 0 Å². The maximum Gasteiger partial charge on any atom is 0.323 e. The minimum Gasteiger partial charge on any atom is -0.480 e. The predicted octanol–water partition coefficient (Wildman–Crippen LogP) is 2.98. The zero-order chi connectivity index (χ0) is 14.7. The monoisotopic (exact) mass is 263 g/mol. The highest BCUT2D eigenvalue weighted by molar-refractivity contribution is 5.77. The van der Waals surface area contributed by atoms with Gasteiger partial charge in [0.2, 0.25) is 0 Å². The van der Waals surface area contributed by atoms with Gasteiger partial charge in [-0.1, -0.05) is 45.0 Å². The summed E-state index contributed by atoms with van der Waals surface area (Å²) in [6.45, 7) is 10.6. The van der Waals surface area contributed by atoms with Crippen molar-refractivity contribution >= 4 is 5.97 Å². The van der Waals surface area contributed by atoms with Crippen LogP contribution < -0.4 is 5.32 Å². The Morgan fingerprint density at radius 2 is 1.63 bits per heavy atom. The smallest absolute Gasteiger partial charge is 0.323 e. The molecule has 0 saturated heterocycles. The predicted molar refractivity (Wildman–Crippen MR) is 78.6 cm³/mol. The van der Waals surface area contributed by atoms with Crippen molar-refractivity contribution in [3.63, 3.8) is 0 Å². The minimum atomic E-state index is -0.870. The van der Waals surface area contributed by atoms with Gasteiger partial charge in [-0.05, 0) is 36.8 Å². The molecule has 0 aromatic heterocycles. The molecule has 0 aliphatic carbocycles. The fraction of sp³-hybridized carbons (Fsp3) is 0.562. The fourth-order valence-corrected chi connectivity index (χ4v) is 1.77. The largest absolute Gasteiger partial charge is 0.480 e. The lowest BCUT2D eigenvalue weighted by molar-refractivity contribution is -0.143. The summed E-state index contributed by atoms with van der Waals surface area (Å²) in [5.41, 5.74) is 1.84. The highest BCUT2D eigenvalue weighted by Gasteiger charge is 2.25. The van der Waals surface area contributed by atoms with E-state index >= 15 is 0 Å². The van der Waals surface area contributed by atoms with Crippen molar-refractivity contribution in [3.8, 4) is 0 Å². The van der Waals surface area contributed by atoms with Crippen LogP contribution in [-0.4, -0.2) is 23.2 Å². The summed E-state index contributed by atoms with van der Waals surface area (Å²) < 4.78 is 0. The number of carboxylic acid groups (broad SMARTS) is 1. The molecule has 0 heterocycles. The number of aliphatic carboxylic acids is 1. The van der Waals surface area contributed by atoms with Crippen LogP contribution in [0.3, 0.4) is 0 Å². The van der Waals surface area contributed by atoms with E-state index in [1.54, 1.807) is 13.8 Å². The van der Waals surface area contributed by atoms with Crippen molar-refractivity contribution in [2.24, 2.45) is 0 Å². The summed E-state index contributed by atoms with van der Waals surface area (Å²) in [6, 6.07) is 8.54. The van der Waals surface area contributed by atoms with Crippen LogP contribution in [0.15, 0.2) is 24.3 Å². The molecule has 0 fully saturated rings. The van der Waals surface area contributed by atoms with Crippen LogP contribution >= 0.6 is 0 Å². The highest BCUT2D eigenvalue weighted by atomic mass is 16.4. The summed E-state index contributed by atoms with van der Waals surface area (Å²) >= 11 is 0. The van der Waals surface area contributed by atoms with E-state index in [-0.39, 0.29) is 5.41 Å². The van der Waals surface area contributed by atoms with Gasteiger partial charge >= 0.3 is 5.97 Å². The van der Waals surface area contributed by atoms with E-state index in [1.165, 1.54) is 11.1 Å². The molecule has 0 bridgehead atoms. The average Bonchev–Trinajstić information content (AvgIpc) is 2.28. The lowest BCUT2D eigenvalue weighted by Crippen LogP contribution is -2.47. The van der Waals surface area contributed by atoms with Gasteiger partial charge in [0.25, 0.3) is 0 Å². The molecule has 0 atom stereocenters. The third-order valence-electron chi connectivity index (χ3n) is 3.34. The molecule has 3 nitrogen and oxygen atoms in total. The molecule has 2 N–H and O–H groups in total. The topological polar surface area (TPSA) is 49.3 Å². The lowest BCUT2D eigenvalue weighted by atomic mass is 9.86. The SMILES string of the molecule is CC(C)(NCCc1ccc(C(C)(C)C)cc1)C(=O)O. The Bertz CT molecular complexity index is 427. The molecule has 0 aliphatic heterocycles. The Kier molecular flexibility index (Phi) is 4.75. The molecular formula is C16H25NO2. The first-order chi connectivity index (χ1) is 8.63. The first kappa shape index (κ1) is 15.7. The first-order valence-electron chi connectivity index (χ1n) is 6.71. The zero-order valence-electron chi connectivity index (χ0n) is 12.6. The van der Waals surface area contributed by atoms with Crippen molar-refractivity contribution < 1.29 is 9.90 Å². The summed E-state index contributed by atoms with van der Waals surface area (Å²) in [4.78, 5) is 11.0. The van der Waals surface area contributed by atoms with E-state index in [2.05, 4.69) is 50.4 Å². The summed E-state index contributed by atoms with van der Waals surface area (Å²) in [6.07, 6.45) is 0.834. The average molecular weight is 263 g/mol. The Labute approximate surface area is 116 Å². The van der Waals surface area contributed by atoms with Gasteiger partial charge in [-0.3, -0.25) is 4.79 Å².